The summed E-state index contributed by atoms with van der Waals surface area (Å²) in [7, 11) is 1.74. The molecule has 0 aliphatic heterocycles. The second kappa shape index (κ2) is 7.79. The highest BCUT2D eigenvalue weighted by Gasteiger charge is 2.20. The van der Waals surface area contributed by atoms with Crippen LogP contribution in [0.3, 0.4) is 0 Å². The van der Waals surface area contributed by atoms with Crippen molar-refractivity contribution in [3.8, 4) is 17.0 Å². The third-order valence-electron chi connectivity index (χ3n) is 4.99. The Bertz CT molecular complexity index is 1330. The lowest BCUT2D eigenvalue weighted by atomic mass is 10.1. The highest BCUT2D eigenvalue weighted by Crippen LogP contribution is 2.25. The molecule has 156 valence electrons. The van der Waals surface area contributed by atoms with Gasteiger partial charge in [-0.25, -0.2) is 4.68 Å². The van der Waals surface area contributed by atoms with E-state index in [0.717, 1.165) is 0 Å². The Morgan fingerprint density at radius 1 is 1.03 bits per heavy atom. The molecule has 2 heterocycles. The van der Waals surface area contributed by atoms with Crippen LogP contribution in [0.1, 0.15) is 16.2 Å². The number of hydrogen-bond acceptors (Lipinski definition) is 5. The quantitative estimate of drug-likeness (QED) is 0.390. The van der Waals surface area contributed by atoms with Gasteiger partial charge in [0, 0.05) is 24.7 Å². The number of anilines is 1. The molecule has 0 fully saturated rings. The summed E-state index contributed by atoms with van der Waals surface area (Å²) < 4.78 is 8.74. The van der Waals surface area contributed by atoms with Gasteiger partial charge in [0.2, 0.25) is 0 Å². The lowest BCUT2D eigenvalue weighted by Gasteiger charge is -2.07. The van der Waals surface area contributed by atoms with E-state index in [1.807, 2.05) is 18.2 Å². The van der Waals surface area contributed by atoms with Gasteiger partial charge in [0.15, 0.2) is 5.76 Å². The van der Waals surface area contributed by atoms with Gasteiger partial charge < -0.3 is 9.73 Å². The molecule has 9 heteroatoms. The molecule has 0 unspecified atom stereocenters. The molecule has 9 nitrogen and oxygen atoms in total. The van der Waals surface area contributed by atoms with Crippen LogP contribution in [0.15, 0.2) is 75.9 Å². The standard InChI is InChI=1S/C22H18N4O5/c1-14-20(22(28)25(24(14)2)16-6-4-3-5-7-16)23-21(27)19-13-12-18(31-19)15-8-10-17(11-9-15)26(29)30/h3-13H,1-2H3,(H,23,27). The van der Waals surface area contributed by atoms with E-state index < -0.39 is 10.8 Å². The first-order valence-corrected chi connectivity index (χ1v) is 9.37. The summed E-state index contributed by atoms with van der Waals surface area (Å²) in [5, 5.41) is 13.4. The summed E-state index contributed by atoms with van der Waals surface area (Å²) in [5.41, 5.74) is 1.61. The van der Waals surface area contributed by atoms with E-state index in [1.54, 1.807) is 49.0 Å². The number of non-ortho nitro benzene ring substituents is 1. The zero-order chi connectivity index (χ0) is 22.1. The molecule has 31 heavy (non-hydrogen) atoms. The highest BCUT2D eigenvalue weighted by molar-refractivity contribution is 6.02. The lowest BCUT2D eigenvalue weighted by Crippen LogP contribution is -2.22. The van der Waals surface area contributed by atoms with E-state index in [4.69, 9.17) is 4.42 Å². The molecular weight excluding hydrogens is 400 g/mol. The first-order chi connectivity index (χ1) is 14.9. The molecule has 1 N–H and O–H groups in total. The van der Waals surface area contributed by atoms with Crippen molar-refractivity contribution < 1.29 is 14.1 Å². The van der Waals surface area contributed by atoms with E-state index in [0.29, 0.717) is 22.7 Å². The molecule has 0 saturated heterocycles. The first-order valence-electron chi connectivity index (χ1n) is 9.37. The molecule has 4 rings (SSSR count). The van der Waals surface area contributed by atoms with Crippen molar-refractivity contribution in [2.45, 2.75) is 6.92 Å². The van der Waals surface area contributed by atoms with Gasteiger partial charge >= 0.3 is 0 Å². The van der Waals surface area contributed by atoms with E-state index in [1.165, 1.54) is 22.9 Å². The van der Waals surface area contributed by atoms with Crippen LogP contribution >= 0.6 is 0 Å². The number of benzene rings is 2. The number of amides is 1. The van der Waals surface area contributed by atoms with Gasteiger partial charge in [0.1, 0.15) is 11.4 Å². The molecule has 0 aliphatic rings. The van der Waals surface area contributed by atoms with E-state index >= 15 is 0 Å². The summed E-state index contributed by atoms with van der Waals surface area (Å²) in [6.45, 7) is 1.74. The second-order valence-corrected chi connectivity index (χ2v) is 6.86. The molecule has 2 aromatic carbocycles. The molecule has 0 saturated carbocycles. The molecule has 1 amide bonds. The maximum absolute atomic E-state index is 12.9. The van der Waals surface area contributed by atoms with Crippen molar-refractivity contribution in [1.82, 2.24) is 9.36 Å². The van der Waals surface area contributed by atoms with Crippen LogP contribution in [0.5, 0.6) is 0 Å². The highest BCUT2D eigenvalue weighted by atomic mass is 16.6. The van der Waals surface area contributed by atoms with Crippen LogP contribution < -0.4 is 10.9 Å². The molecule has 0 radical (unpaired) electrons. The molecular formula is C22H18N4O5. The SMILES string of the molecule is Cc1c(NC(=O)c2ccc(-c3ccc([N+](=O)[O-])cc3)o2)c(=O)n(-c2ccccc2)n1C. The van der Waals surface area contributed by atoms with Crippen LogP contribution in [0.4, 0.5) is 11.4 Å². The predicted octanol–water partition coefficient (Wildman–Crippen LogP) is 3.90. The van der Waals surface area contributed by atoms with Gasteiger partial charge in [-0.2, -0.15) is 0 Å². The first kappa shape index (κ1) is 19.9. The van der Waals surface area contributed by atoms with E-state index in [2.05, 4.69) is 5.32 Å². The number of furan rings is 1. The van der Waals surface area contributed by atoms with Crippen LogP contribution in [-0.2, 0) is 7.05 Å². The smallest absolute Gasteiger partial charge is 0.295 e. The number of hydrogen-bond donors (Lipinski definition) is 1. The normalized spacial score (nSPS) is 10.8. The molecule has 2 aromatic heterocycles. The van der Waals surface area contributed by atoms with Crippen LogP contribution in [0.2, 0.25) is 0 Å². The Balaban J connectivity index is 1.60. The van der Waals surface area contributed by atoms with Crippen LogP contribution in [-0.4, -0.2) is 20.2 Å². The summed E-state index contributed by atoms with van der Waals surface area (Å²) in [4.78, 5) is 35.9. The average Bonchev–Trinajstić information content (AvgIpc) is 3.34. The monoisotopic (exact) mass is 418 g/mol. The van der Waals surface area contributed by atoms with Crippen molar-refractivity contribution in [3.05, 3.63) is 98.7 Å². The largest absolute Gasteiger partial charge is 0.451 e. The number of carbonyl (C=O) groups is 1. The summed E-state index contributed by atoms with van der Waals surface area (Å²) in [6.07, 6.45) is 0. The average molecular weight is 418 g/mol. The van der Waals surface area contributed by atoms with Crippen molar-refractivity contribution in [2.75, 3.05) is 5.32 Å². The number of nitro benzene ring substituents is 1. The molecule has 0 spiro atoms. The number of nitrogens with one attached hydrogen (secondary N) is 1. The molecule has 0 atom stereocenters. The molecule has 0 bridgehead atoms. The van der Waals surface area contributed by atoms with Gasteiger partial charge in [-0.1, -0.05) is 18.2 Å². The maximum atomic E-state index is 12.9. The number of nitro groups is 1. The number of rotatable bonds is 5. The number of nitrogens with zero attached hydrogens (tertiary/aromatic N) is 3. The van der Waals surface area contributed by atoms with Gasteiger partial charge in [0.25, 0.3) is 17.2 Å². The van der Waals surface area contributed by atoms with Gasteiger partial charge in [-0.15, -0.1) is 0 Å². The van der Waals surface area contributed by atoms with Gasteiger partial charge in [0.05, 0.1) is 16.3 Å². The van der Waals surface area contributed by atoms with E-state index in [9.17, 15) is 19.7 Å². The Morgan fingerprint density at radius 2 is 1.71 bits per heavy atom. The zero-order valence-electron chi connectivity index (χ0n) is 16.7. The van der Waals surface area contributed by atoms with Crippen molar-refractivity contribution in [1.29, 1.82) is 0 Å². The van der Waals surface area contributed by atoms with Crippen molar-refractivity contribution in [3.63, 3.8) is 0 Å². The third kappa shape index (κ3) is 3.64. The minimum absolute atomic E-state index is 0.0160. The number of aromatic nitrogens is 2. The lowest BCUT2D eigenvalue weighted by molar-refractivity contribution is -0.384. The third-order valence-corrected chi connectivity index (χ3v) is 4.99. The Kier molecular flexibility index (Phi) is 5.00. The number of carbonyl (C=O) groups excluding carboxylic acids is 1. The fourth-order valence-corrected chi connectivity index (χ4v) is 3.25. The fraction of sp³-hybridized carbons (Fsp3) is 0.0909. The minimum atomic E-state index is -0.570. The summed E-state index contributed by atoms with van der Waals surface area (Å²) in [6, 6.07) is 18.0. The fourth-order valence-electron chi connectivity index (χ4n) is 3.25. The Labute approximate surface area is 176 Å². The summed E-state index contributed by atoms with van der Waals surface area (Å²) >= 11 is 0. The maximum Gasteiger partial charge on any atom is 0.295 e. The topological polar surface area (TPSA) is 112 Å². The summed E-state index contributed by atoms with van der Waals surface area (Å²) in [5.74, 6) is -0.173. The Morgan fingerprint density at radius 3 is 2.35 bits per heavy atom. The minimum Gasteiger partial charge on any atom is -0.451 e. The molecule has 4 aromatic rings. The van der Waals surface area contributed by atoms with Crippen LogP contribution in [0.25, 0.3) is 17.0 Å². The van der Waals surface area contributed by atoms with Gasteiger partial charge in [-0.05, 0) is 43.3 Å². The number of para-hydroxylation sites is 1. The van der Waals surface area contributed by atoms with Crippen LogP contribution in [0, 0.1) is 17.0 Å². The second-order valence-electron chi connectivity index (χ2n) is 6.86. The van der Waals surface area contributed by atoms with Crippen molar-refractivity contribution in [2.24, 2.45) is 7.05 Å². The van der Waals surface area contributed by atoms with E-state index in [-0.39, 0.29) is 22.7 Å². The molecule has 0 aliphatic carbocycles. The predicted molar refractivity (Wildman–Crippen MR) is 114 cm³/mol. The zero-order valence-corrected chi connectivity index (χ0v) is 16.7. The Hall–Kier alpha value is -4.40. The van der Waals surface area contributed by atoms with Gasteiger partial charge in [-0.3, -0.25) is 24.4 Å². The van der Waals surface area contributed by atoms with Crippen molar-refractivity contribution >= 4 is 17.3 Å².